The van der Waals surface area contributed by atoms with Crippen molar-refractivity contribution in [3.8, 4) is 22.9 Å². The summed E-state index contributed by atoms with van der Waals surface area (Å²) >= 11 is 0. The number of para-hydroxylation sites is 1. The standard InChI is InChI=1S/C34H36FN3O6/c1-33(2)13-23(39)30-27(15-33)44-28-16-34(3,4)14-24(40)31(28)29(30)19-11-25(41-5)32(26(12-19)42-6)43-18-20-17-38(37-36-20)22-10-8-7-9-21(22)35/h7-12,17,29H,13-16,18H2,1-6H3. The molecule has 0 saturated carbocycles. The van der Waals surface area contributed by atoms with Crippen molar-refractivity contribution in [3.63, 3.8) is 0 Å². The van der Waals surface area contributed by atoms with Crippen molar-refractivity contribution in [2.45, 2.75) is 65.9 Å². The lowest BCUT2D eigenvalue weighted by atomic mass is 9.65. The second kappa shape index (κ2) is 10.9. The molecule has 1 aliphatic heterocycles. The van der Waals surface area contributed by atoms with Gasteiger partial charge in [-0.05, 0) is 40.7 Å². The minimum absolute atomic E-state index is 0.00350. The normalized spacial score (nSPS) is 19.3. The fourth-order valence-electron chi connectivity index (χ4n) is 6.48. The Kier molecular flexibility index (Phi) is 7.34. The quantitative estimate of drug-likeness (QED) is 0.307. The number of allylic oxidation sites excluding steroid dienone is 4. The van der Waals surface area contributed by atoms with E-state index in [-0.39, 0.29) is 34.7 Å². The number of aromatic nitrogens is 3. The number of ketones is 2. The Hall–Kier alpha value is -4.47. The van der Waals surface area contributed by atoms with Gasteiger partial charge in [-0.2, -0.15) is 0 Å². The second-order valence-electron chi connectivity index (χ2n) is 13.2. The van der Waals surface area contributed by atoms with Gasteiger partial charge in [0, 0.05) is 42.7 Å². The average Bonchev–Trinajstić information content (AvgIpc) is 3.42. The van der Waals surface area contributed by atoms with Crippen LogP contribution in [0.4, 0.5) is 4.39 Å². The van der Waals surface area contributed by atoms with Crippen LogP contribution in [0.3, 0.4) is 0 Å². The highest BCUT2D eigenvalue weighted by molar-refractivity contribution is 6.06. The van der Waals surface area contributed by atoms with Gasteiger partial charge in [0.25, 0.3) is 0 Å². The zero-order chi connectivity index (χ0) is 31.4. The molecule has 9 nitrogen and oxygen atoms in total. The Morgan fingerprint density at radius 3 is 2.02 bits per heavy atom. The molecule has 1 aromatic heterocycles. The third-order valence-corrected chi connectivity index (χ3v) is 8.40. The molecule has 0 N–H and O–H groups in total. The van der Waals surface area contributed by atoms with E-state index in [0.29, 0.717) is 76.9 Å². The number of carbonyl (C=O) groups excluding carboxylic acids is 2. The predicted octanol–water partition coefficient (Wildman–Crippen LogP) is 6.40. The minimum atomic E-state index is -0.613. The van der Waals surface area contributed by atoms with E-state index in [1.54, 1.807) is 36.5 Å². The molecule has 3 aliphatic rings. The fraction of sp³-hybridized carbons (Fsp3) is 0.412. The van der Waals surface area contributed by atoms with Gasteiger partial charge in [-0.3, -0.25) is 9.59 Å². The molecule has 230 valence electrons. The highest BCUT2D eigenvalue weighted by Gasteiger charge is 2.48. The monoisotopic (exact) mass is 601 g/mol. The van der Waals surface area contributed by atoms with Crippen LogP contribution in [0, 0.1) is 16.6 Å². The molecule has 2 aromatic carbocycles. The Labute approximate surface area is 255 Å². The van der Waals surface area contributed by atoms with Crippen molar-refractivity contribution in [2.24, 2.45) is 10.8 Å². The third-order valence-electron chi connectivity index (χ3n) is 8.40. The van der Waals surface area contributed by atoms with Crippen LogP contribution >= 0.6 is 0 Å². The summed E-state index contributed by atoms with van der Waals surface area (Å²) in [5.41, 5.74) is 1.95. The van der Waals surface area contributed by atoms with Crippen molar-refractivity contribution in [1.82, 2.24) is 15.0 Å². The molecule has 10 heteroatoms. The van der Waals surface area contributed by atoms with Crippen LogP contribution in [0.15, 0.2) is 65.3 Å². The molecule has 0 spiro atoms. The molecule has 0 atom stereocenters. The SMILES string of the molecule is COc1cc(C2C3=C(CC(C)(C)CC3=O)OC3=C2C(=O)CC(C)(C)C3)cc(OC)c1OCc1cn(-c2ccccc2F)nn1. The van der Waals surface area contributed by atoms with Crippen LogP contribution in [0.5, 0.6) is 17.2 Å². The summed E-state index contributed by atoms with van der Waals surface area (Å²) in [5, 5.41) is 8.15. The maximum Gasteiger partial charge on any atom is 0.203 e. The maximum absolute atomic E-state index is 14.2. The first-order valence-corrected chi connectivity index (χ1v) is 14.6. The van der Waals surface area contributed by atoms with Gasteiger partial charge in [-0.15, -0.1) is 5.10 Å². The molecule has 44 heavy (non-hydrogen) atoms. The van der Waals surface area contributed by atoms with Gasteiger partial charge in [0.2, 0.25) is 5.75 Å². The van der Waals surface area contributed by atoms with Gasteiger partial charge in [0.15, 0.2) is 23.1 Å². The van der Waals surface area contributed by atoms with Gasteiger partial charge < -0.3 is 18.9 Å². The van der Waals surface area contributed by atoms with E-state index >= 15 is 0 Å². The van der Waals surface area contributed by atoms with Crippen molar-refractivity contribution in [3.05, 3.63) is 82.3 Å². The van der Waals surface area contributed by atoms with Crippen molar-refractivity contribution in [2.75, 3.05) is 14.2 Å². The molecule has 0 radical (unpaired) electrons. The van der Waals surface area contributed by atoms with Gasteiger partial charge in [0.05, 0.1) is 20.4 Å². The van der Waals surface area contributed by atoms with Gasteiger partial charge >= 0.3 is 0 Å². The molecule has 0 fully saturated rings. The summed E-state index contributed by atoms with van der Waals surface area (Å²) in [4.78, 5) is 27.4. The number of Topliss-reactive ketones (excluding diaryl/α,β-unsaturated/α-hetero) is 2. The summed E-state index contributed by atoms with van der Waals surface area (Å²) in [6, 6.07) is 9.86. The summed E-state index contributed by atoms with van der Waals surface area (Å²) < 4.78 is 39.7. The van der Waals surface area contributed by atoms with Crippen LogP contribution in [0.25, 0.3) is 5.69 Å². The molecule has 0 bridgehead atoms. The lowest BCUT2D eigenvalue weighted by Crippen LogP contribution is -2.37. The first-order valence-electron chi connectivity index (χ1n) is 14.6. The highest BCUT2D eigenvalue weighted by atomic mass is 19.1. The van der Waals surface area contributed by atoms with Crippen LogP contribution < -0.4 is 14.2 Å². The largest absolute Gasteiger partial charge is 0.493 e. The van der Waals surface area contributed by atoms with E-state index in [0.717, 1.165) is 0 Å². The summed E-state index contributed by atoms with van der Waals surface area (Å²) in [6.07, 6.45) is 3.49. The third kappa shape index (κ3) is 5.37. The van der Waals surface area contributed by atoms with E-state index < -0.39 is 11.7 Å². The minimum Gasteiger partial charge on any atom is -0.493 e. The lowest BCUT2D eigenvalue weighted by molar-refractivity contribution is -0.120. The van der Waals surface area contributed by atoms with E-state index in [2.05, 4.69) is 38.0 Å². The number of hydrogen-bond acceptors (Lipinski definition) is 8. The summed E-state index contributed by atoms with van der Waals surface area (Å²) in [7, 11) is 3.03. The van der Waals surface area contributed by atoms with Crippen molar-refractivity contribution < 1.29 is 32.9 Å². The van der Waals surface area contributed by atoms with Crippen LogP contribution in [0.1, 0.15) is 70.6 Å². The predicted molar refractivity (Wildman–Crippen MR) is 159 cm³/mol. The number of methoxy groups -OCH3 is 2. The summed E-state index contributed by atoms with van der Waals surface area (Å²) in [6.45, 7) is 8.23. The zero-order valence-electron chi connectivity index (χ0n) is 25.8. The maximum atomic E-state index is 14.2. The fourth-order valence-corrected chi connectivity index (χ4v) is 6.48. The molecule has 3 aromatic rings. The molecule has 2 aliphatic carbocycles. The molecule has 6 rings (SSSR count). The van der Waals surface area contributed by atoms with Crippen molar-refractivity contribution in [1.29, 1.82) is 0 Å². The van der Waals surface area contributed by atoms with Gasteiger partial charge in [0.1, 0.15) is 35.3 Å². The number of hydrogen-bond donors (Lipinski definition) is 0. The van der Waals surface area contributed by atoms with Crippen LogP contribution in [-0.4, -0.2) is 40.8 Å². The van der Waals surface area contributed by atoms with E-state index in [1.165, 1.54) is 25.0 Å². The number of carbonyl (C=O) groups is 2. The first-order chi connectivity index (χ1) is 20.9. The van der Waals surface area contributed by atoms with E-state index in [1.807, 2.05) is 0 Å². The number of halogens is 1. The molecule has 2 heterocycles. The lowest BCUT2D eigenvalue weighted by Gasteiger charge is -2.42. The molecular formula is C34H36FN3O6. The Morgan fingerprint density at radius 1 is 0.909 bits per heavy atom. The number of benzene rings is 2. The smallest absolute Gasteiger partial charge is 0.203 e. The van der Waals surface area contributed by atoms with Crippen molar-refractivity contribution >= 4 is 11.6 Å². The molecular weight excluding hydrogens is 565 g/mol. The Bertz CT molecular complexity index is 1660. The van der Waals surface area contributed by atoms with Crippen LogP contribution in [0.2, 0.25) is 0 Å². The first kappa shape index (κ1) is 29.6. The zero-order valence-corrected chi connectivity index (χ0v) is 25.8. The van der Waals surface area contributed by atoms with Gasteiger partial charge in [-0.25, -0.2) is 9.07 Å². The summed E-state index contributed by atoms with van der Waals surface area (Å²) in [5.74, 6) is 1.23. The molecule has 0 unspecified atom stereocenters. The molecule has 0 amide bonds. The highest BCUT2D eigenvalue weighted by Crippen LogP contribution is 2.54. The topological polar surface area (TPSA) is 102 Å². The number of rotatable bonds is 7. The molecule has 0 saturated heterocycles. The van der Waals surface area contributed by atoms with Crippen LogP contribution in [-0.2, 0) is 20.9 Å². The Balaban J connectivity index is 1.38. The van der Waals surface area contributed by atoms with Gasteiger partial charge in [-0.1, -0.05) is 45.0 Å². The number of ether oxygens (including phenoxy) is 4. The average molecular weight is 602 g/mol. The number of nitrogens with zero attached hydrogens (tertiary/aromatic N) is 3. The van der Waals surface area contributed by atoms with E-state index in [9.17, 15) is 14.0 Å². The second-order valence-corrected chi connectivity index (χ2v) is 13.2. The van der Waals surface area contributed by atoms with E-state index in [4.69, 9.17) is 18.9 Å². The Morgan fingerprint density at radius 2 is 1.48 bits per heavy atom.